The molecule has 6 heteroatoms. The first-order valence-electron chi connectivity index (χ1n) is 7.37. The summed E-state index contributed by atoms with van der Waals surface area (Å²) in [6.45, 7) is 4.52. The van der Waals surface area contributed by atoms with E-state index in [9.17, 15) is 13.2 Å². The number of anilines is 2. The average molecular weight is 299 g/mol. The Bertz CT molecular complexity index is 503. The van der Waals surface area contributed by atoms with Crippen LogP contribution in [0.1, 0.15) is 18.4 Å². The molecule has 0 atom stereocenters. The Morgan fingerprint density at radius 3 is 2.33 bits per heavy atom. The molecule has 0 spiro atoms. The maximum Gasteiger partial charge on any atom is 0.418 e. The fraction of sp³-hybridized carbons (Fsp3) is 0.600. The van der Waals surface area contributed by atoms with Crippen LogP contribution in [0.4, 0.5) is 24.5 Å². The lowest BCUT2D eigenvalue weighted by atomic mass is 10.1. The van der Waals surface area contributed by atoms with Crippen LogP contribution in [0.15, 0.2) is 18.2 Å². The number of nitrogens with two attached hydrogens (primary N) is 1. The molecule has 1 aromatic rings. The second-order valence-electron chi connectivity index (χ2n) is 6.00. The Morgan fingerprint density at radius 2 is 1.76 bits per heavy atom. The number of nitrogens with zero attached hydrogens (tertiary/aromatic N) is 2. The number of piperazine rings is 1. The molecule has 1 saturated heterocycles. The number of alkyl halides is 3. The van der Waals surface area contributed by atoms with Gasteiger partial charge in [0, 0.05) is 44.1 Å². The zero-order valence-corrected chi connectivity index (χ0v) is 11.9. The molecule has 1 aliphatic heterocycles. The van der Waals surface area contributed by atoms with Gasteiger partial charge in [-0.25, -0.2) is 0 Å². The summed E-state index contributed by atoms with van der Waals surface area (Å²) in [6.07, 6.45) is -1.74. The van der Waals surface area contributed by atoms with Crippen molar-refractivity contribution in [3.8, 4) is 0 Å². The van der Waals surface area contributed by atoms with Gasteiger partial charge in [-0.1, -0.05) is 0 Å². The molecule has 116 valence electrons. The molecule has 1 saturated carbocycles. The summed E-state index contributed by atoms with van der Waals surface area (Å²) in [7, 11) is 0. The molecule has 0 amide bonds. The van der Waals surface area contributed by atoms with Gasteiger partial charge in [0.1, 0.15) is 0 Å². The fourth-order valence-corrected chi connectivity index (χ4v) is 2.84. The van der Waals surface area contributed by atoms with Crippen molar-refractivity contribution in [2.24, 2.45) is 5.92 Å². The summed E-state index contributed by atoms with van der Waals surface area (Å²) in [5, 5.41) is 0. The van der Waals surface area contributed by atoms with Crippen LogP contribution >= 0.6 is 0 Å². The van der Waals surface area contributed by atoms with Gasteiger partial charge >= 0.3 is 6.18 Å². The number of hydrogen-bond donors (Lipinski definition) is 1. The zero-order valence-electron chi connectivity index (χ0n) is 11.9. The van der Waals surface area contributed by atoms with E-state index in [0.29, 0.717) is 5.69 Å². The van der Waals surface area contributed by atoms with Gasteiger partial charge in [-0.05, 0) is 37.0 Å². The van der Waals surface area contributed by atoms with Crippen molar-refractivity contribution in [2.45, 2.75) is 19.0 Å². The first kappa shape index (κ1) is 14.5. The van der Waals surface area contributed by atoms with Crippen LogP contribution in [0.5, 0.6) is 0 Å². The van der Waals surface area contributed by atoms with Crippen molar-refractivity contribution in [3.63, 3.8) is 0 Å². The third-order valence-electron chi connectivity index (χ3n) is 4.29. The van der Waals surface area contributed by atoms with Crippen molar-refractivity contribution >= 4 is 11.4 Å². The summed E-state index contributed by atoms with van der Waals surface area (Å²) in [5.74, 6) is 0.852. The first-order chi connectivity index (χ1) is 9.93. The second-order valence-corrected chi connectivity index (χ2v) is 6.00. The number of benzene rings is 1. The molecule has 0 unspecified atom stereocenters. The molecule has 2 fully saturated rings. The molecule has 0 radical (unpaired) electrons. The maximum absolute atomic E-state index is 12.9. The second kappa shape index (κ2) is 5.40. The van der Waals surface area contributed by atoms with Gasteiger partial charge in [-0.3, -0.25) is 4.90 Å². The molecule has 3 nitrogen and oxygen atoms in total. The minimum Gasteiger partial charge on any atom is -0.398 e. The quantitative estimate of drug-likeness (QED) is 0.871. The minimum atomic E-state index is -4.39. The molecule has 1 aromatic carbocycles. The Balaban J connectivity index is 1.67. The van der Waals surface area contributed by atoms with Crippen molar-refractivity contribution < 1.29 is 13.2 Å². The third kappa shape index (κ3) is 3.43. The molecule has 0 aromatic heterocycles. The molecule has 2 aliphatic rings. The largest absolute Gasteiger partial charge is 0.418 e. The lowest BCUT2D eigenvalue weighted by Gasteiger charge is -2.36. The number of nitrogen functional groups attached to an aromatic ring is 1. The summed E-state index contributed by atoms with van der Waals surface area (Å²) in [6, 6.07) is 4.21. The molecule has 21 heavy (non-hydrogen) atoms. The average Bonchev–Trinajstić information content (AvgIpc) is 3.23. The standard InChI is InChI=1S/C15H20F3N3/c16-15(17,18)13-9-12(3-4-14(13)19)21-7-5-20(6-8-21)10-11-1-2-11/h3-4,9,11H,1-2,5-8,10,19H2. The molecule has 1 aliphatic carbocycles. The zero-order chi connectivity index (χ0) is 15.0. The van der Waals surface area contributed by atoms with Crippen molar-refractivity contribution in [2.75, 3.05) is 43.4 Å². The summed E-state index contributed by atoms with van der Waals surface area (Å²) in [5.41, 5.74) is 5.11. The number of halogens is 3. The predicted molar refractivity (Wildman–Crippen MR) is 77.2 cm³/mol. The summed E-state index contributed by atoms with van der Waals surface area (Å²) in [4.78, 5) is 4.42. The highest BCUT2D eigenvalue weighted by Gasteiger charge is 2.34. The summed E-state index contributed by atoms with van der Waals surface area (Å²) < 4.78 is 38.7. The molecular weight excluding hydrogens is 279 g/mol. The van der Waals surface area contributed by atoms with Crippen LogP contribution in [0, 0.1) is 5.92 Å². The van der Waals surface area contributed by atoms with E-state index in [2.05, 4.69) is 4.90 Å². The number of rotatable bonds is 3. The van der Waals surface area contributed by atoms with Gasteiger partial charge in [0.2, 0.25) is 0 Å². The maximum atomic E-state index is 12.9. The molecule has 2 N–H and O–H groups in total. The molecule has 0 bridgehead atoms. The highest BCUT2D eigenvalue weighted by molar-refractivity contribution is 5.59. The number of hydrogen-bond acceptors (Lipinski definition) is 3. The van der Waals surface area contributed by atoms with Gasteiger partial charge < -0.3 is 10.6 Å². The predicted octanol–water partition coefficient (Wildman–Crippen LogP) is 2.82. The fourth-order valence-electron chi connectivity index (χ4n) is 2.84. The van der Waals surface area contributed by atoms with Gasteiger partial charge in [0.15, 0.2) is 0 Å². The lowest BCUT2D eigenvalue weighted by molar-refractivity contribution is -0.136. The lowest BCUT2D eigenvalue weighted by Crippen LogP contribution is -2.47. The van der Waals surface area contributed by atoms with Crippen LogP contribution in [-0.2, 0) is 6.18 Å². The van der Waals surface area contributed by atoms with Crippen LogP contribution in [0.25, 0.3) is 0 Å². The van der Waals surface area contributed by atoms with E-state index >= 15 is 0 Å². The van der Waals surface area contributed by atoms with E-state index in [0.717, 1.165) is 38.6 Å². The van der Waals surface area contributed by atoms with Crippen molar-refractivity contribution in [3.05, 3.63) is 23.8 Å². The smallest absolute Gasteiger partial charge is 0.398 e. The van der Waals surface area contributed by atoms with Crippen LogP contribution < -0.4 is 10.6 Å². The van der Waals surface area contributed by atoms with Crippen molar-refractivity contribution in [1.29, 1.82) is 0 Å². The van der Waals surface area contributed by atoms with Crippen LogP contribution in [-0.4, -0.2) is 37.6 Å². The minimum absolute atomic E-state index is 0.210. The highest BCUT2D eigenvalue weighted by Crippen LogP contribution is 2.36. The Hall–Kier alpha value is -1.43. The van der Waals surface area contributed by atoms with Gasteiger partial charge in [-0.2, -0.15) is 13.2 Å². The highest BCUT2D eigenvalue weighted by atomic mass is 19.4. The molecular formula is C15H20F3N3. The van der Waals surface area contributed by atoms with E-state index in [4.69, 9.17) is 5.73 Å². The molecule has 1 heterocycles. The monoisotopic (exact) mass is 299 g/mol. The van der Waals surface area contributed by atoms with Gasteiger partial charge in [0.05, 0.1) is 5.56 Å². The van der Waals surface area contributed by atoms with E-state index < -0.39 is 11.7 Å². The molecule has 3 rings (SSSR count). The topological polar surface area (TPSA) is 32.5 Å². The van der Waals surface area contributed by atoms with E-state index in [1.165, 1.54) is 25.0 Å². The summed E-state index contributed by atoms with van der Waals surface area (Å²) >= 11 is 0. The van der Waals surface area contributed by atoms with E-state index in [1.54, 1.807) is 6.07 Å². The van der Waals surface area contributed by atoms with E-state index in [-0.39, 0.29) is 5.69 Å². The normalized spacial score (nSPS) is 20.8. The first-order valence-corrected chi connectivity index (χ1v) is 7.37. The van der Waals surface area contributed by atoms with Gasteiger partial charge in [0.25, 0.3) is 0 Å². The van der Waals surface area contributed by atoms with Crippen LogP contribution in [0.3, 0.4) is 0 Å². The Labute approximate surface area is 122 Å². The van der Waals surface area contributed by atoms with E-state index in [1.807, 2.05) is 4.90 Å². The third-order valence-corrected chi connectivity index (χ3v) is 4.29. The SMILES string of the molecule is Nc1ccc(N2CCN(CC3CC3)CC2)cc1C(F)(F)F. The van der Waals surface area contributed by atoms with Crippen molar-refractivity contribution in [1.82, 2.24) is 4.90 Å². The Kier molecular flexibility index (Phi) is 3.73. The Morgan fingerprint density at radius 1 is 1.10 bits per heavy atom. The van der Waals surface area contributed by atoms with Gasteiger partial charge in [-0.15, -0.1) is 0 Å². The van der Waals surface area contributed by atoms with Crippen LogP contribution in [0.2, 0.25) is 0 Å².